The SMILES string of the molecule is O.O.O.O.[Li].[Li].[Mo]. The second-order valence-electron chi connectivity index (χ2n) is 0. The zero-order chi connectivity index (χ0) is 0. The minimum absolute atomic E-state index is 0. The fourth-order valence-corrected chi connectivity index (χ4v) is 0. The zero-order valence-electron chi connectivity index (χ0n) is 4.41. The summed E-state index contributed by atoms with van der Waals surface area (Å²) in [6.07, 6.45) is 0. The van der Waals surface area contributed by atoms with Crippen LogP contribution < -0.4 is 0 Å². The molecule has 40 valence electrons. The molecule has 0 aromatic carbocycles. The first-order chi connectivity index (χ1) is 0. The van der Waals surface area contributed by atoms with E-state index in [0.29, 0.717) is 0 Å². The minimum atomic E-state index is 0. The monoisotopic (exact) mass is 184 g/mol. The van der Waals surface area contributed by atoms with Gasteiger partial charge in [-0.25, -0.2) is 0 Å². The molecule has 0 aromatic rings. The van der Waals surface area contributed by atoms with Gasteiger partial charge in [-0.1, -0.05) is 0 Å². The second-order valence-corrected chi connectivity index (χ2v) is 0. The molecule has 0 heterocycles. The van der Waals surface area contributed by atoms with Gasteiger partial charge < -0.3 is 21.9 Å². The average molecular weight is 182 g/mol. The number of hydrogen-bond donors (Lipinski definition) is 0. The fraction of sp³-hybridized carbons (Fsp3) is 0. The molecule has 0 aliphatic carbocycles. The normalized spacial score (nSPS) is 0. The molecule has 0 amide bonds. The maximum Gasteiger partial charge on any atom is 0 e. The van der Waals surface area contributed by atoms with E-state index in [1.807, 2.05) is 0 Å². The molecular weight excluding hydrogens is 174 g/mol. The van der Waals surface area contributed by atoms with E-state index in [2.05, 4.69) is 0 Å². The number of rotatable bonds is 0. The van der Waals surface area contributed by atoms with Gasteiger partial charge in [0.05, 0.1) is 0 Å². The summed E-state index contributed by atoms with van der Waals surface area (Å²) in [7, 11) is 0. The van der Waals surface area contributed by atoms with E-state index in [0.717, 1.165) is 0 Å². The third-order valence-electron chi connectivity index (χ3n) is 0. The summed E-state index contributed by atoms with van der Waals surface area (Å²) >= 11 is 0. The molecule has 7 heavy (non-hydrogen) atoms. The first-order valence-electron chi connectivity index (χ1n) is 0. The Balaban J connectivity index is 0. The van der Waals surface area contributed by atoms with Crippen LogP contribution >= 0.6 is 0 Å². The Kier molecular flexibility index (Phi) is 2940. The van der Waals surface area contributed by atoms with Gasteiger partial charge >= 0.3 is 0 Å². The van der Waals surface area contributed by atoms with Crippen molar-refractivity contribution in [2.75, 3.05) is 0 Å². The first-order valence-corrected chi connectivity index (χ1v) is 0. The summed E-state index contributed by atoms with van der Waals surface area (Å²) in [4.78, 5) is 0. The second kappa shape index (κ2) is 118. The third kappa shape index (κ3) is 85.2. The third-order valence-corrected chi connectivity index (χ3v) is 0. The van der Waals surface area contributed by atoms with Crippen LogP contribution in [0.1, 0.15) is 0 Å². The molecule has 8 N–H and O–H groups in total. The van der Waals surface area contributed by atoms with Crippen LogP contribution in [0.4, 0.5) is 0 Å². The van der Waals surface area contributed by atoms with Gasteiger partial charge in [-0.15, -0.1) is 0 Å². The van der Waals surface area contributed by atoms with Crippen LogP contribution in [0, 0.1) is 0 Å². The molecule has 7 heteroatoms. The maximum absolute atomic E-state index is 0. The van der Waals surface area contributed by atoms with Gasteiger partial charge in [-0.2, -0.15) is 0 Å². The summed E-state index contributed by atoms with van der Waals surface area (Å²) in [5, 5.41) is 0. The summed E-state index contributed by atoms with van der Waals surface area (Å²) in [5.74, 6) is 0. The predicted molar refractivity (Wildman–Crippen MR) is 26.0 cm³/mol. The van der Waals surface area contributed by atoms with Crippen LogP contribution in [0.5, 0.6) is 0 Å². The van der Waals surface area contributed by atoms with E-state index >= 15 is 0 Å². The van der Waals surface area contributed by atoms with Gasteiger partial charge in [-0.05, 0) is 0 Å². The Morgan fingerprint density at radius 3 is 0.429 bits per heavy atom. The molecule has 0 saturated heterocycles. The maximum atomic E-state index is 0. The molecule has 4 nitrogen and oxygen atoms in total. The van der Waals surface area contributed by atoms with Crippen LogP contribution in [-0.4, -0.2) is 59.6 Å². The van der Waals surface area contributed by atoms with Gasteiger partial charge in [0.15, 0.2) is 0 Å². The molecule has 0 rings (SSSR count). The number of hydrogen-bond acceptors (Lipinski definition) is 0. The average Bonchev–Trinajstić information content (AvgIpc) is 0. The molecular formula is H8Li2MoO4. The summed E-state index contributed by atoms with van der Waals surface area (Å²) in [6, 6.07) is 0. The van der Waals surface area contributed by atoms with E-state index in [1.165, 1.54) is 0 Å². The zero-order valence-corrected chi connectivity index (χ0v) is 6.42. The molecule has 0 fully saturated rings. The van der Waals surface area contributed by atoms with Crippen LogP contribution in [0.15, 0.2) is 0 Å². The van der Waals surface area contributed by atoms with Gasteiger partial charge in [0.25, 0.3) is 0 Å². The van der Waals surface area contributed by atoms with Crippen molar-refractivity contribution < 1.29 is 43.0 Å². The Hall–Kier alpha value is 1.72. The Morgan fingerprint density at radius 1 is 0.429 bits per heavy atom. The molecule has 0 aromatic heterocycles. The van der Waals surface area contributed by atoms with Gasteiger partial charge in [0, 0.05) is 58.8 Å². The quantitative estimate of drug-likeness (QED) is 0.338. The largest absolute Gasteiger partial charge is 0.412 e. The van der Waals surface area contributed by atoms with Crippen LogP contribution in [-0.2, 0) is 21.1 Å². The summed E-state index contributed by atoms with van der Waals surface area (Å²) in [5.41, 5.74) is 0. The van der Waals surface area contributed by atoms with Gasteiger partial charge in [-0.3, -0.25) is 0 Å². The van der Waals surface area contributed by atoms with Crippen LogP contribution in [0.3, 0.4) is 0 Å². The first kappa shape index (κ1) is 175. The predicted octanol–water partition coefficient (Wildman–Crippen LogP) is -4.06. The van der Waals surface area contributed by atoms with E-state index < -0.39 is 0 Å². The molecule has 0 unspecified atom stereocenters. The van der Waals surface area contributed by atoms with Crippen molar-refractivity contribution >= 4 is 37.7 Å². The fourth-order valence-electron chi connectivity index (χ4n) is 0. The molecule has 0 aliphatic heterocycles. The summed E-state index contributed by atoms with van der Waals surface area (Å²) in [6.45, 7) is 0. The standard InChI is InChI=1S/2Li.Mo.4H2O/h;;;4*1H2. The van der Waals surface area contributed by atoms with Crippen LogP contribution in [0.25, 0.3) is 0 Å². The van der Waals surface area contributed by atoms with E-state index in [4.69, 9.17) is 0 Å². The van der Waals surface area contributed by atoms with Crippen molar-refractivity contribution in [2.45, 2.75) is 0 Å². The van der Waals surface area contributed by atoms with Crippen molar-refractivity contribution in [3.8, 4) is 0 Å². The molecule has 0 saturated carbocycles. The van der Waals surface area contributed by atoms with E-state index in [9.17, 15) is 0 Å². The Bertz CT molecular complexity index is 9.65. The molecule has 0 aliphatic rings. The Morgan fingerprint density at radius 2 is 0.429 bits per heavy atom. The molecule has 0 spiro atoms. The van der Waals surface area contributed by atoms with Crippen molar-refractivity contribution in [3.63, 3.8) is 0 Å². The van der Waals surface area contributed by atoms with Crippen molar-refractivity contribution in [2.24, 2.45) is 0 Å². The minimum Gasteiger partial charge on any atom is -0.412 e. The van der Waals surface area contributed by atoms with Crippen molar-refractivity contribution in [1.29, 1.82) is 0 Å². The van der Waals surface area contributed by atoms with Crippen molar-refractivity contribution in [3.05, 3.63) is 0 Å². The van der Waals surface area contributed by atoms with E-state index in [1.54, 1.807) is 0 Å². The van der Waals surface area contributed by atoms with Gasteiger partial charge in [0.1, 0.15) is 0 Å². The van der Waals surface area contributed by atoms with Gasteiger partial charge in [0.2, 0.25) is 0 Å². The molecule has 0 atom stereocenters. The van der Waals surface area contributed by atoms with Crippen LogP contribution in [0.2, 0.25) is 0 Å². The van der Waals surface area contributed by atoms with E-state index in [-0.39, 0.29) is 80.7 Å². The molecule has 2 radical (unpaired) electrons. The Labute approximate surface area is 80.3 Å². The van der Waals surface area contributed by atoms with Crippen molar-refractivity contribution in [1.82, 2.24) is 0 Å². The topological polar surface area (TPSA) is 126 Å². The smallest absolute Gasteiger partial charge is 0 e. The summed E-state index contributed by atoms with van der Waals surface area (Å²) < 4.78 is 0. The molecule has 0 bridgehead atoms.